The Balaban J connectivity index is 2.16. The molecule has 1 aliphatic heterocycles. The highest BCUT2D eigenvalue weighted by Crippen LogP contribution is 2.33. The normalized spacial score (nSPS) is 33.2. The molecule has 0 aromatic rings. The zero-order valence-electron chi connectivity index (χ0n) is 9.26. The van der Waals surface area contributed by atoms with E-state index < -0.39 is 10.2 Å². The minimum absolute atomic E-state index is 0.116. The van der Waals surface area contributed by atoms with Crippen molar-refractivity contribution in [1.29, 1.82) is 0 Å². The van der Waals surface area contributed by atoms with E-state index in [2.05, 4.69) is 0 Å². The van der Waals surface area contributed by atoms with Crippen LogP contribution < -0.4 is 5.14 Å². The van der Waals surface area contributed by atoms with Crippen molar-refractivity contribution in [2.45, 2.75) is 44.6 Å². The maximum atomic E-state index is 11.8. The van der Waals surface area contributed by atoms with Crippen LogP contribution in [0.1, 0.15) is 38.5 Å². The average molecular weight is 246 g/mol. The van der Waals surface area contributed by atoms with Gasteiger partial charge in [0.25, 0.3) is 10.2 Å². The van der Waals surface area contributed by atoms with Crippen LogP contribution in [0.4, 0.5) is 0 Å². The van der Waals surface area contributed by atoms with Gasteiger partial charge in [-0.05, 0) is 25.7 Å². The molecular formula is C10H18N2O3S. The number of nitrogens with two attached hydrogens (primary N) is 1. The highest BCUT2D eigenvalue weighted by atomic mass is 32.2. The largest absolute Gasteiger partial charge is 0.299 e. The molecule has 92 valence electrons. The van der Waals surface area contributed by atoms with E-state index in [4.69, 9.17) is 5.14 Å². The lowest BCUT2D eigenvalue weighted by atomic mass is 9.82. The Morgan fingerprint density at radius 3 is 2.56 bits per heavy atom. The van der Waals surface area contributed by atoms with Crippen LogP contribution in [-0.4, -0.2) is 31.1 Å². The molecule has 0 amide bonds. The van der Waals surface area contributed by atoms with Crippen LogP contribution in [0.5, 0.6) is 0 Å². The standard InChI is InChI=1S/C10H18N2O3S/c11-16(14,15)12-7-3-5-9(12)8-4-1-2-6-10(8)13/h8-9H,1-7H2,(H2,11,14,15). The van der Waals surface area contributed by atoms with Crippen LogP contribution in [0.2, 0.25) is 0 Å². The second kappa shape index (κ2) is 4.43. The van der Waals surface area contributed by atoms with Crippen molar-refractivity contribution >= 4 is 16.0 Å². The summed E-state index contributed by atoms with van der Waals surface area (Å²) in [7, 11) is -3.64. The first-order valence-electron chi connectivity index (χ1n) is 5.82. The predicted octanol–water partition coefficient (Wildman–Crippen LogP) is 0.414. The minimum Gasteiger partial charge on any atom is -0.299 e. The highest BCUT2D eigenvalue weighted by Gasteiger charge is 2.40. The van der Waals surface area contributed by atoms with Crippen molar-refractivity contribution in [3.05, 3.63) is 0 Å². The fourth-order valence-corrected chi connectivity index (χ4v) is 3.91. The molecule has 0 aromatic heterocycles. The summed E-state index contributed by atoms with van der Waals surface area (Å²) in [5, 5.41) is 5.17. The van der Waals surface area contributed by atoms with Crippen molar-refractivity contribution in [2.75, 3.05) is 6.54 Å². The number of hydrogen-bond acceptors (Lipinski definition) is 3. The molecular weight excluding hydrogens is 228 g/mol. The van der Waals surface area contributed by atoms with Gasteiger partial charge in [-0.1, -0.05) is 6.42 Å². The lowest BCUT2D eigenvalue weighted by molar-refractivity contribution is -0.126. The lowest BCUT2D eigenvalue weighted by Crippen LogP contribution is -2.46. The third-order valence-corrected chi connectivity index (χ3v) is 4.75. The fourth-order valence-electron chi connectivity index (χ4n) is 2.90. The van der Waals surface area contributed by atoms with E-state index in [1.807, 2.05) is 0 Å². The van der Waals surface area contributed by atoms with Crippen molar-refractivity contribution in [2.24, 2.45) is 11.1 Å². The number of ketones is 1. The zero-order valence-corrected chi connectivity index (χ0v) is 10.1. The first-order valence-corrected chi connectivity index (χ1v) is 7.33. The van der Waals surface area contributed by atoms with Gasteiger partial charge in [0.1, 0.15) is 5.78 Å². The van der Waals surface area contributed by atoms with Gasteiger partial charge in [0.2, 0.25) is 0 Å². The van der Waals surface area contributed by atoms with Crippen LogP contribution >= 0.6 is 0 Å². The van der Waals surface area contributed by atoms with E-state index in [-0.39, 0.29) is 17.7 Å². The Kier molecular flexibility index (Phi) is 3.32. The Bertz CT molecular complexity index is 380. The molecule has 0 bridgehead atoms. The van der Waals surface area contributed by atoms with E-state index in [9.17, 15) is 13.2 Å². The Labute approximate surface area is 96.2 Å². The summed E-state index contributed by atoms with van der Waals surface area (Å²) in [6.07, 6.45) is 4.95. The summed E-state index contributed by atoms with van der Waals surface area (Å²) < 4.78 is 24.1. The van der Waals surface area contributed by atoms with Gasteiger partial charge in [-0.3, -0.25) is 4.79 Å². The molecule has 5 nitrogen and oxygen atoms in total. The monoisotopic (exact) mass is 246 g/mol. The smallest absolute Gasteiger partial charge is 0.277 e. The minimum atomic E-state index is -3.64. The van der Waals surface area contributed by atoms with E-state index in [0.29, 0.717) is 13.0 Å². The number of nitrogens with zero attached hydrogens (tertiary/aromatic N) is 1. The molecule has 2 rings (SSSR count). The van der Waals surface area contributed by atoms with Crippen molar-refractivity contribution in [3.63, 3.8) is 0 Å². The Morgan fingerprint density at radius 2 is 1.94 bits per heavy atom. The second-order valence-electron chi connectivity index (χ2n) is 4.68. The van der Waals surface area contributed by atoms with E-state index in [1.165, 1.54) is 4.31 Å². The van der Waals surface area contributed by atoms with Crippen LogP contribution in [0.15, 0.2) is 0 Å². The first-order chi connectivity index (χ1) is 7.50. The molecule has 0 spiro atoms. The summed E-state index contributed by atoms with van der Waals surface area (Å²) in [5.74, 6) is 0.0985. The van der Waals surface area contributed by atoms with Gasteiger partial charge in [-0.25, -0.2) is 5.14 Å². The molecule has 2 aliphatic rings. The molecule has 1 saturated heterocycles. The van der Waals surface area contributed by atoms with Crippen LogP contribution in [-0.2, 0) is 15.0 Å². The van der Waals surface area contributed by atoms with Crippen molar-refractivity contribution in [1.82, 2.24) is 4.31 Å². The number of carbonyl (C=O) groups is 1. The second-order valence-corrected chi connectivity index (χ2v) is 6.18. The van der Waals surface area contributed by atoms with E-state index >= 15 is 0 Å². The van der Waals surface area contributed by atoms with Gasteiger partial charge in [0, 0.05) is 24.9 Å². The highest BCUT2D eigenvalue weighted by molar-refractivity contribution is 7.86. The van der Waals surface area contributed by atoms with Gasteiger partial charge < -0.3 is 0 Å². The zero-order chi connectivity index (χ0) is 11.8. The molecule has 6 heteroatoms. The van der Waals surface area contributed by atoms with Crippen LogP contribution in [0, 0.1) is 5.92 Å². The summed E-state index contributed by atoms with van der Waals surface area (Å²) in [6.45, 7) is 0.466. The SMILES string of the molecule is NS(=O)(=O)N1CCCC1C1CCCCC1=O. The summed E-state index contributed by atoms with van der Waals surface area (Å²) in [5.41, 5.74) is 0. The summed E-state index contributed by atoms with van der Waals surface area (Å²) >= 11 is 0. The molecule has 1 aliphatic carbocycles. The van der Waals surface area contributed by atoms with Crippen LogP contribution in [0.25, 0.3) is 0 Å². The fraction of sp³-hybridized carbons (Fsp3) is 0.900. The maximum Gasteiger partial charge on any atom is 0.277 e. The molecule has 16 heavy (non-hydrogen) atoms. The van der Waals surface area contributed by atoms with Crippen molar-refractivity contribution < 1.29 is 13.2 Å². The number of Topliss-reactive ketones (excluding diaryl/α,β-unsaturated/α-hetero) is 1. The molecule has 2 atom stereocenters. The number of hydrogen-bond donors (Lipinski definition) is 1. The summed E-state index contributed by atoms with van der Waals surface area (Å²) in [4.78, 5) is 11.8. The van der Waals surface area contributed by atoms with Crippen LogP contribution in [0.3, 0.4) is 0 Å². The average Bonchev–Trinajstić information content (AvgIpc) is 2.66. The quantitative estimate of drug-likeness (QED) is 0.766. The van der Waals surface area contributed by atoms with Crippen molar-refractivity contribution in [3.8, 4) is 0 Å². The topological polar surface area (TPSA) is 80.5 Å². The Morgan fingerprint density at radius 1 is 1.19 bits per heavy atom. The predicted molar refractivity (Wildman–Crippen MR) is 59.8 cm³/mol. The molecule has 2 unspecified atom stereocenters. The molecule has 1 heterocycles. The number of rotatable bonds is 2. The van der Waals surface area contributed by atoms with Gasteiger partial charge >= 0.3 is 0 Å². The van der Waals surface area contributed by atoms with Gasteiger partial charge in [0.15, 0.2) is 0 Å². The van der Waals surface area contributed by atoms with Gasteiger partial charge in [-0.2, -0.15) is 12.7 Å². The first kappa shape index (κ1) is 12.0. The molecule has 0 aromatic carbocycles. The third-order valence-electron chi connectivity index (χ3n) is 3.64. The van der Waals surface area contributed by atoms with Gasteiger partial charge in [0.05, 0.1) is 0 Å². The molecule has 2 N–H and O–H groups in total. The summed E-state index contributed by atoms with van der Waals surface area (Å²) in [6, 6.07) is -0.178. The Hall–Kier alpha value is -0.460. The lowest BCUT2D eigenvalue weighted by Gasteiger charge is -2.31. The molecule has 2 fully saturated rings. The number of carbonyl (C=O) groups excluding carboxylic acids is 1. The van der Waals surface area contributed by atoms with E-state index in [0.717, 1.165) is 32.1 Å². The maximum absolute atomic E-state index is 11.8. The van der Waals surface area contributed by atoms with Gasteiger partial charge in [-0.15, -0.1) is 0 Å². The molecule has 0 radical (unpaired) electrons. The molecule has 1 saturated carbocycles. The third kappa shape index (κ3) is 2.28. The van der Waals surface area contributed by atoms with E-state index in [1.54, 1.807) is 0 Å².